The fourth-order valence-corrected chi connectivity index (χ4v) is 6.61. The molecule has 4 atom stereocenters. The molecule has 0 radical (unpaired) electrons. The van der Waals surface area contributed by atoms with Crippen LogP contribution in [0, 0.1) is 17.8 Å². The molecular formula is C29H40N4O7. The van der Waals surface area contributed by atoms with Gasteiger partial charge in [-0.05, 0) is 69.8 Å². The predicted octanol–water partition coefficient (Wildman–Crippen LogP) is 1.17. The molecule has 0 spiro atoms. The van der Waals surface area contributed by atoms with E-state index in [1.54, 1.807) is 14.1 Å². The Bertz CT molecular complexity index is 1340. The summed E-state index contributed by atoms with van der Waals surface area (Å²) in [5.41, 5.74) is 3.85. The maximum atomic E-state index is 14.0. The smallest absolute Gasteiger partial charge is 0.255 e. The molecule has 0 aromatic heterocycles. The van der Waals surface area contributed by atoms with Crippen LogP contribution in [-0.2, 0) is 27.3 Å². The minimum absolute atomic E-state index is 0. The van der Waals surface area contributed by atoms with Gasteiger partial charge in [-0.1, -0.05) is 7.43 Å². The number of amides is 1. The van der Waals surface area contributed by atoms with Crippen LogP contribution in [0.4, 0.5) is 5.69 Å². The van der Waals surface area contributed by atoms with Crippen LogP contribution in [0.25, 0.3) is 5.76 Å². The maximum Gasteiger partial charge on any atom is 0.255 e. The van der Waals surface area contributed by atoms with Crippen molar-refractivity contribution < 1.29 is 34.8 Å². The predicted molar refractivity (Wildman–Crippen MR) is 150 cm³/mol. The largest absolute Gasteiger partial charge is 0.508 e. The molecule has 11 heteroatoms. The number of nitrogens with zero attached hydrogens (tertiary/aromatic N) is 2. The van der Waals surface area contributed by atoms with E-state index in [-0.39, 0.29) is 37.2 Å². The van der Waals surface area contributed by atoms with Gasteiger partial charge >= 0.3 is 0 Å². The summed E-state index contributed by atoms with van der Waals surface area (Å²) in [6, 6.07) is 0.762. The molecule has 2 saturated carbocycles. The number of hydrogen-bond donors (Lipinski definition) is 6. The normalized spacial score (nSPS) is 27.7. The van der Waals surface area contributed by atoms with E-state index in [4.69, 9.17) is 5.73 Å². The number of nitrogens with one attached hydrogen (secondary N) is 1. The molecule has 218 valence electrons. The number of ketones is 2. The Morgan fingerprint density at radius 2 is 1.80 bits per heavy atom. The summed E-state index contributed by atoms with van der Waals surface area (Å²) in [5, 5.41) is 48.9. The minimum Gasteiger partial charge on any atom is -0.508 e. The van der Waals surface area contributed by atoms with Gasteiger partial charge in [0.05, 0.1) is 11.6 Å². The molecule has 2 fully saturated rings. The highest BCUT2D eigenvalue weighted by Crippen LogP contribution is 2.54. The molecule has 4 aliphatic carbocycles. The Kier molecular flexibility index (Phi) is 7.55. The molecule has 5 rings (SSSR count). The number of likely N-dealkylation sites (N-methyl/N-ethyl adjacent to an activating group) is 1. The van der Waals surface area contributed by atoms with Gasteiger partial charge in [0.2, 0.25) is 5.78 Å². The van der Waals surface area contributed by atoms with Crippen molar-refractivity contribution in [1.29, 1.82) is 0 Å². The standard InChI is InChI=1S/C28H36N4O7.CH4/c1-31(2)17-9-14(11-30-10-12-5-6-12)22(33)19-15(17)7-13-8-16-21(32(3)4)24(35)20(27(29)38)26(37)28(16,39)25(36)18(13)23(19)34;/h9,12-13,16,21,30,33-34,37,39H,5-8,10-11H2,1-4H3,(H2,29,38);1H4/t13-,16-,21-,28-;/m0./s1. The zero-order valence-electron chi connectivity index (χ0n) is 22.6. The number of anilines is 1. The summed E-state index contributed by atoms with van der Waals surface area (Å²) in [6.07, 6.45) is 2.66. The van der Waals surface area contributed by atoms with E-state index in [1.165, 1.54) is 17.7 Å². The van der Waals surface area contributed by atoms with Crippen molar-refractivity contribution in [3.63, 3.8) is 0 Å². The van der Waals surface area contributed by atoms with Gasteiger partial charge < -0.3 is 36.4 Å². The Morgan fingerprint density at radius 3 is 2.35 bits per heavy atom. The molecule has 4 aliphatic rings. The number of aromatic hydroxyl groups is 1. The lowest BCUT2D eigenvalue weighted by molar-refractivity contribution is -0.153. The first-order valence-electron chi connectivity index (χ1n) is 13.2. The first kappa shape index (κ1) is 29.6. The van der Waals surface area contributed by atoms with E-state index in [1.807, 2.05) is 25.1 Å². The molecule has 0 heterocycles. The number of carbonyl (C=O) groups excluding carboxylic acids is 3. The van der Waals surface area contributed by atoms with Gasteiger partial charge in [0.1, 0.15) is 22.8 Å². The number of Topliss-reactive ketones (excluding diaryl/α,β-unsaturated/α-hetero) is 2. The zero-order chi connectivity index (χ0) is 28.5. The third-order valence-electron chi connectivity index (χ3n) is 8.70. The van der Waals surface area contributed by atoms with Crippen molar-refractivity contribution in [2.45, 2.75) is 51.3 Å². The van der Waals surface area contributed by atoms with E-state index >= 15 is 0 Å². The van der Waals surface area contributed by atoms with E-state index in [0.29, 0.717) is 23.6 Å². The van der Waals surface area contributed by atoms with E-state index < -0.39 is 58.0 Å². The topological polar surface area (TPSA) is 177 Å². The summed E-state index contributed by atoms with van der Waals surface area (Å²) in [4.78, 5) is 42.7. The molecule has 40 heavy (non-hydrogen) atoms. The molecule has 1 amide bonds. The minimum atomic E-state index is -2.64. The molecular weight excluding hydrogens is 516 g/mol. The maximum absolute atomic E-state index is 14.0. The first-order valence-corrected chi connectivity index (χ1v) is 13.2. The van der Waals surface area contributed by atoms with Crippen molar-refractivity contribution in [3.8, 4) is 5.75 Å². The van der Waals surface area contributed by atoms with Crippen LogP contribution in [-0.4, -0.2) is 89.2 Å². The summed E-state index contributed by atoms with van der Waals surface area (Å²) in [7, 11) is 6.86. The monoisotopic (exact) mass is 556 g/mol. The summed E-state index contributed by atoms with van der Waals surface area (Å²) in [6.45, 7) is 1.18. The Morgan fingerprint density at radius 1 is 1.15 bits per heavy atom. The highest BCUT2D eigenvalue weighted by Gasteiger charge is 2.64. The fourth-order valence-electron chi connectivity index (χ4n) is 6.61. The molecule has 1 aromatic carbocycles. The van der Waals surface area contributed by atoms with Crippen LogP contribution in [0.15, 0.2) is 23.0 Å². The second-order valence-electron chi connectivity index (χ2n) is 11.7. The number of hydrogen-bond acceptors (Lipinski definition) is 10. The number of nitrogens with two attached hydrogens (primary N) is 1. The van der Waals surface area contributed by atoms with Gasteiger partial charge in [-0.3, -0.25) is 19.3 Å². The van der Waals surface area contributed by atoms with Gasteiger partial charge in [0.15, 0.2) is 11.4 Å². The molecule has 1 aromatic rings. The van der Waals surface area contributed by atoms with Gasteiger partial charge in [-0.25, -0.2) is 0 Å². The number of phenolic OH excluding ortho intramolecular Hbond substituents is 1. The van der Waals surface area contributed by atoms with Gasteiger partial charge in [-0.2, -0.15) is 0 Å². The van der Waals surface area contributed by atoms with Gasteiger partial charge in [0, 0.05) is 43.4 Å². The van der Waals surface area contributed by atoms with Crippen molar-refractivity contribution >= 4 is 28.9 Å². The van der Waals surface area contributed by atoms with Gasteiger partial charge in [0.25, 0.3) is 5.91 Å². The van der Waals surface area contributed by atoms with Crippen LogP contribution in [0.3, 0.4) is 0 Å². The number of benzene rings is 1. The average Bonchev–Trinajstić information content (AvgIpc) is 3.66. The van der Waals surface area contributed by atoms with Crippen LogP contribution >= 0.6 is 0 Å². The molecule has 0 aliphatic heterocycles. The molecule has 0 bridgehead atoms. The molecule has 0 unspecified atom stereocenters. The third kappa shape index (κ3) is 4.27. The lowest BCUT2D eigenvalue weighted by atomic mass is 9.57. The number of fused-ring (bicyclic) bond motifs is 3. The number of rotatable bonds is 7. The van der Waals surface area contributed by atoms with Crippen LogP contribution in [0.5, 0.6) is 5.75 Å². The van der Waals surface area contributed by atoms with Crippen molar-refractivity contribution in [2.24, 2.45) is 23.5 Å². The Labute approximate surface area is 233 Å². The van der Waals surface area contributed by atoms with E-state index in [9.17, 15) is 34.8 Å². The number of aliphatic hydroxyl groups is 3. The number of carbonyl (C=O) groups is 3. The number of primary amides is 1. The zero-order valence-corrected chi connectivity index (χ0v) is 22.6. The first-order chi connectivity index (χ1) is 18.3. The highest BCUT2D eigenvalue weighted by atomic mass is 16.3. The summed E-state index contributed by atoms with van der Waals surface area (Å²) < 4.78 is 0. The van der Waals surface area contributed by atoms with E-state index in [0.717, 1.165) is 12.2 Å². The lowest BCUT2D eigenvalue weighted by Gasteiger charge is -2.50. The Hall–Kier alpha value is -3.41. The second-order valence-corrected chi connectivity index (χ2v) is 11.7. The van der Waals surface area contributed by atoms with Crippen LogP contribution in [0.1, 0.15) is 43.4 Å². The fraction of sp³-hybridized carbons (Fsp3) is 0.552. The lowest BCUT2D eigenvalue weighted by Crippen LogP contribution is -2.65. The van der Waals surface area contributed by atoms with Crippen molar-refractivity contribution in [1.82, 2.24) is 10.2 Å². The molecule has 11 nitrogen and oxygen atoms in total. The van der Waals surface area contributed by atoms with Crippen LogP contribution in [0.2, 0.25) is 0 Å². The van der Waals surface area contributed by atoms with Crippen molar-refractivity contribution in [3.05, 3.63) is 39.7 Å². The molecule has 0 saturated heterocycles. The SMILES string of the molecule is C.CN(C)c1cc(CNCC2CC2)c(O)c2c1C[C@H]1C[C@H]3[C@H](N(C)C)C(=O)C(C(N)=O)=C(O)[C@@]3(O)C(=O)C1=C2O. The van der Waals surface area contributed by atoms with E-state index in [2.05, 4.69) is 5.32 Å². The van der Waals surface area contributed by atoms with Gasteiger partial charge in [-0.15, -0.1) is 0 Å². The quantitative estimate of drug-likeness (QED) is 0.267. The molecule has 7 N–H and O–H groups in total. The van der Waals surface area contributed by atoms with Crippen LogP contribution < -0.4 is 16.0 Å². The summed E-state index contributed by atoms with van der Waals surface area (Å²) >= 11 is 0. The third-order valence-corrected chi connectivity index (χ3v) is 8.70. The summed E-state index contributed by atoms with van der Waals surface area (Å²) in [5.74, 6) is -5.83. The highest BCUT2D eigenvalue weighted by molar-refractivity contribution is 6.24. The van der Waals surface area contributed by atoms with Crippen molar-refractivity contribution in [2.75, 3.05) is 39.6 Å². The number of aliphatic hydroxyl groups excluding tert-OH is 2. The Balaban J connectivity index is 0.00000370. The number of phenols is 1. The average molecular weight is 557 g/mol. The second kappa shape index (κ2) is 10.2.